The van der Waals surface area contributed by atoms with Crippen LogP contribution < -0.4 is 15.4 Å². The van der Waals surface area contributed by atoms with Crippen molar-refractivity contribution < 1.29 is 23.9 Å². The maximum absolute atomic E-state index is 12.0. The largest absolute Gasteiger partial charge is 0.496 e. The average molecular weight is 356 g/mol. The first-order chi connectivity index (χ1) is 12.4. The van der Waals surface area contributed by atoms with E-state index in [1.54, 1.807) is 24.3 Å². The predicted octanol–water partition coefficient (Wildman–Crippen LogP) is 2.82. The molecule has 136 valence electrons. The molecule has 7 heteroatoms. The summed E-state index contributed by atoms with van der Waals surface area (Å²) in [5.41, 5.74) is 2.72. The molecule has 0 saturated carbocycles. The maximum Gasteiger partial charge on any atom is 0.342 e. The number of imide groups is 1. The van der Waals surface area contributed by atoms with Crippen LogP contribution in [0.5, 0.6) is 5.75 Å². The molecule has 2 aromatic carbocycles. The summed E-state index contributed by atoms with van der Waals surface area (Å²) in [5.74, 6) is -1.12. The lowest BCUT2D eigenvalue weighted by Crippen LogP contribution is -2.37. The number of para-hydroxylation sites is 1. The summed E-state index contributed by atoms with van der Waals surface area (Å²) in [6.07, 6.45) is 0. The van der Waals surface area contributed by atoms with E-state index in [1.807, 2.05) is 26.0 Å². The highest BCUT2D eigenvalue weighted by atomic mass is 16.5. The van der Waals surface area contributed by atoms with Crippen LogP contribution in [0.4, 0.5) is 10.5 Å². The van der Waals surface area contributed by atoms with Crippen molar-refractivity contribution in [3.05, 3.63) is 59.2 Å². The molecule has 3 amide bonds. The number of esters is 1. The molecule has 0 unspecified atom stereocenters. The van der Waals surface area contributed by atoms with Crippen molar-refractivity contribution in [2.75, 3.05) is 19.0 Å². The summed E-state index contributed by atoms with van der Waals surface area (Å²) in [6.45, 7) is 3.20. The second-order valence-electron chi connectivity index (χ2n) is 5.60. The van der Waals surface area contributed by atoms with Gasteiger partial charge in [-0.2, -0.15) is 0 Å². The fourth-order valence-corrected chi connectivity index (χ4v) is 2.29. The van der Waals surface area contributed by atoms with E-state index in [1.165, 1.54) is 13.2 Å². The van der Waals surface area contributed by atoms with Crippen LogP contribution in [0.15, 0.2) is 42.5 Å². The van der Waals surface area contributed by atoms with E-state index < -0.39 is 24.5 Å². The molecule has 0 aliphatic heterocycles. The van der Waals surface area contributed by atoms with Crippen LogP contribution in [0.2, 0.25) is 0 Å². The standard InChI is InChI=1S/C19H20N2O5/c1-12-8-9-15(13(2)10-12)20-19(24)21-17(22)11-26-18(23)14-6-4-5-7-16(14)25-3/h4-10H,11H2,1-3H3,(H2,20,21,22,24). The number of urea groups is 1. The zero-order valence-electron chi connectivity index (χ0n) is 14.8. The van der Waals surface area contributed by atoms with Crippen LogP contribution in [0.1, 0.15) is 21.5 Å². The molecular formula is C19H20N2O5. The van der Waals surface area contributed by atoms with Gasteiger partial charge in [-0.1, -0.05) is 29.8 Å². The lowest BCUT2D eigenvalue weighted by atomic mass is 10.1. The van der Waals surface area contributed by atoms with E-state index in [4.69, 9.17) is 9.47 Å². The van der Waals surface area contributed by atoms with Gasteiger partial charge in [-0.3, -0.25) is 10.1 Å². The highest BCUT2D eigenvalue weighted by Gasteiger charge is 2.16. The Hall–Kier alpha value is -3.35. The molecule has 2 rings (SSSR count). The van der Waals surface area contributed by atoms with Crippen molar-refractivity contribution in [2.45, 2.75) is 13.8 Å². The normalized spacial score (nSPS) is 9.96. The fraction of sp³-hybridized carbons (Fsp3) is 0.211. The molecular weight excluding hydrogens is 336 g/mol. The molecule has 0 atom stereocenters. The first-order valence-corrected chi connectivity index (χ1v) is 7.89. The Morgan fingerprint density at radius 3 is 2.46 bits per heavy atom. The number of anilines is 1. The van der Waals surface area contributed by atoms with E-state index in [0.717, 1.165) is 11.1 Å². The molecule has 2 N–H and O–H groups in total. The monoisotopic (exact) mass is 356 g/mol. The molecule has 0 aromatic heterocycles. The number of benzene rings is 2. The molecule has 26 heavy (non-hydrogen) atoms. The predicted molar refractivity (Wildman–Crippen MR) is 96.4 cm³/mol. The summed E-state index contributed by atoms with van der Waals surface area (Å²) in [5, 5.41) is 4.68. The number of nitrogens with one attached hydrogen (secondary N) is 2. The van der Waals surface area contributed by atoms with E-state index in [0.29, 0.717) is 11.4 Å². The van der Waals surface area contributed by atoms with E-state index >= 15 is 0 Å². The molecule has 0 aliphatic rings. The third-order valence-electron chi connectivity index (χ3n) is 3.54. The number of hydrogen-bond donors (Lipinski definition) is 2. The zero-order valence-corrected chi connectivity index (χ0v) is 14.8. The number of aryl methyl sites for hydroxylation is 2. The van der Waals surface area contributed by atoms with E-state index in [9.17, 15) is 14.4 Å². The van der Waals surface area contributed by atoms with Crippen LogP contribution in [-0.4, -0.2) is 31.6 Å². The van der Waals surface area contributed by atoms with Gasteiger partial charge >= 0.3 is 12.0 Å². The molecule has 0 saturated heterocycles. The Bertz CT molecular complexity index is 832. The van der Waals surface area contributed by atoms with Gasteiger partial charge in [0.1, 0.15) is 11.3 Å². The summed E-state index contributed by atoms with van der Waals surface area (Å²) in [4.78, 5) is 35.7. The Morgan fingerprint density at radius 1 is 1.04 bits per heavy atom. The topological polar surface area (TPSA) is 93.7 Å². The van der Waals surface area contributed by atoms with Gasteiger partial charge in [0.25, 0.3) is 5.91 Å². The molecule has 0 fully saturated rings. The van der Waals surface area contributed by atoms with Crippen molar-refractivity contribution in [1.29, 1.82) is 0 Å². The Morgan fingerprint density at radius 2 is 1.77 bits per heavy atom. The van der Waals surface area contributed by atoms with Crippen LogP contribution in [0, 0.1) is 13.8 Å². The van der Waals surface area contributed by atoms with Gasteiger partial charge in [-0.25, -0.2) is 9.59 Å². The second-order valence-corrected chi connectivity index (χ2v) is 5.60. The third kappa shape index (κ3) is 5.07. The van der Waals surface area contributed by atoms with Crippen molar-refractivity contribution in [1.82, 2.24) is 5.32 Å². The summed E-state index contributed by atoms with van der Waals surface area (Å²) < 4.78 is 9.97. The van der Waals surface area contributed by atoms with Crippen molar-refractivity contribution in [3.63, 3.8) is 0 Å². The fourth-order valence-electron chi connectivity index (χ4n) is 2.29. The molecule has 0 radical (unpaired) electrons. The number of ether oxygens (including phenoxy) is 2. The van der Waals surface area contributed by atoms with Crippen molar-refractivity contribution in [2.24, 2.45) is 0 Å². The molecule has 7 nitrogen and oxygen atoms in total. The lowest BCUT2D eigenvalue weighted by molar-refractivity contribution is -0.123. The van der Waals surface area contributed by atoms with Crippen LogP contribution in [-0.2, 0) is 9.53 Å². The number of amides is 3. The smallest absolute Gasteiger partial charge is 0.342 e. The minimum Gasteiger partial charge on any atom is -0.496 e. The van der Waals surface area contributed by atoms with E-state index in [-0.39, 0.29) is 5.56 Å². The molecule has 2 aromatic rings. The first kappa shape index (κ1) is 19.0. The van der Waals surface area contributed by atoms with Gasteiger partial charge < -0.3 is 14.8 Å². The second kappa shape index (κ2) is 8.66. The highest BCUT2D eigenvalue weighted by Crippen LogP contribution is 2.18. The molecule has 0 aliphatic carbocycles. The Balaban J connectivity index is 1.86. The Labute approximate surface area is 151 Å². The van der Waals surface area contributed by atoms with Gasteiger partial charge in [0.05, 0.1) is 7.11 Å². The van der Waals surface area contributed by atoms with Crippen LogP contribution in [0.3, 0.4) is 0 Å². The summed E-state index contributed by atoms with van der Waals surface area (Å²) in [7, 11) is 1.43. The van der Waals surface area contributed by atoms with Crippen molar-refractivity contribution >= 4 is 23.6 Å². The van der Waals surface area contributed by atoms with Gasteiger partial charge in [0, 0.05) is 5.69 Å². The molecule has 0 spiro atoms. The lowest BCUT2D eigenvalue weighted by Gasteiger charge is -2.10. The van der Waals surface area contributed by atoms with Gasteiger partial charge in [-0.05, 0) is 37.6 Å². The van der Waals surface area contributed by atoms with Gasteiger partial charge in [-0.15, -0.1) is 0 Å². The zero-order chi connectivity index (χ0) is 19.1. The summed E-state index contributed by atoms with van der Waals surface area (Å²) >= 11 is 0. The number of carbonyl (C=O) groups excluding carboxylic acids is 3. The average Bonchev–Trinajstić information content (AvgIpc) is 2.62. The molecule has 0 bridgehead atoms. The maximum atomic E-state index is 12.0. The third-order valence-corrected chi connectivity index (χ3v) is 3.54. The van der Waals surface area contributed by atoms with E-state index in [2.05, 4.69) is 10.6 Å². The molecule has 0 heterocycles. The van der Waals surface area contributed by atoms with Crippen LogP contribution in [0.25, 0.3) is 0 Å². The number of hydrogen-bond acceptors (Lipinski definition) is 5. The SMILES string of the molecule is COc1ccccc1C(=O)OCC(=O)NC(=O)Nc1ccc(C)cc1C. The van der Waals surface area contributed by atoms with Crippen molar-refractivity contribution in [3.8, 4) is 5.75 Å². The quantitative estimate of drug-likeness (QED) is 0.804. The summed E-state index contributed by atoms with van der Waals surface area (Å²) in [6, 6.07) is 11.3. The van der Waals surface area contributed by atoms with Gasteiger partial charge in [0.2, 0.25) is 0 Å². The Kier molecular flexibility index (Phi) is 6.32. The minimum atomic E-state index is -0.740. The number of rotatable bonds is 5. The highest BCUT2D eigenvalue weighted by molar-refractivity contribution is 6.02. The number of methoxy groups -OCH3 is 1. The minimum absolute atomic E-state index is 0.197. The number of carbonyl (C=O) groups is 3. The first-order valence-electron chi connectivity index (χ1n) is 7.89. The van der Waals surface area contributed by atoms with Gasteiger partial charge in [0.15, 0.2) is 6.61 Å². The van der Waals surface area contributed by atoms with Crippen LogP contribution >= 0.6 is 0 Å².